The van der Waals surface area contributed by atoms with Gasteiger partial charge in [0.25, 0.3) is 0 Å². The normalized spacial score (nSPS) is 33.2. The van der Waals surface area contributed by atoms with Crippen molar-refractivity contribution < 1.29 is 9.53 Å². The standard InChI is InChI=1S/C15H20N2O2/c1-9-6-7-19-14(9)15(18)17-13-11-5-3-2-4-10(11)8-12(13)16/h2-5,9,12-14H,6-8,16H2,1H3,(H,17,18). The summed E-state index contributed by atoms with van der Waals surface area (Å²) < 4.78 is 5.51. The molecule has 1 heterocycles. The molecule has 1 aromatic carbocycles. The Balaban J connectivity index is 1.75. The van der Waals surface area contributed by atoms with Gasteiger partial charge >= 0.3 is 0 Å². The Hall–Kier alpha value is -1.39. The van der Waals surface area contributed by atoms with Gasteiger partial charge in [0.15, 0.2) is 0 Å². The van der Waals surface area contributed by atoms with Crippen molar-refractivity contribution in [2.75, 3.05) is 6.61 Å². The molecule has 1 fully saturated rings. The molecule has 19 heavy (non-hydrogen) atoms. The number of fused-ring (bicyclic) bond motifs is 1. The second-order valence-electron chi connectivity index (χ2n) is 5.61. The van der Waals surface area contributed by atoms with E-state index in [9.17, 15) is 4.79 Å². The maximum atomic E-state index is 12.3. The van der Waals surface area contributed by atoms with Gasteiger partial charge in [-0.05, 0) is 29.9 Å². The molecule has 1 saturated heterocycles. The molecular weight excluding hydrogens is 240 g/mol. The van der Waals surface area contributed by atoms with Crippen LogP contribution in [-0.4, -0.2) is 24.7 Å². The summed E-state index contributed by atoms with van der Waals surface area (Å²) in [5, 5.41) is 3.07. The number of rotatable bonds is 2. The van der Waals surface area contributed by atoms with Gasteiger partial charge in [-0.15, -0.1) is 0 Å². The van der Waals surface area contributed by atoms with E-state index in [1.54, 1.807) is 0 Å². The number of hydrogen-bond acceptors (Lipinski definition) is 3. The van der Waals surface area contributed by atoms with Crippen LogP contribution in [0, 0.1) is 5.92 Å². The Bertz CT molecular complexity index is 489. The number of hydrogen-bond donors (Lipinski definition) is 2. The number of ether oxygens (including phenoxy) is 1. The van der Waals surface area contributed by atoms with Gasteiger partial charge in [-0.25, -0.2) is 0 Å². The summed E-state index contributed by atoms with van der Waals surface area (Å²) in [6.07, 6.45) is 1.45. The third-order valence-electron chi connectivity index (χ3n) is 4.22. The van der Waals surface area contributed by atoms with Crippen molar-refractivity contribution in [3.8, 4) is 0 Å². The van der Waals surface area contributed by atoms with E-state index < -0.39 is 0 Å². The molecule has 3 N–H and O–H groups in total. The van der Waals surface area contributed by atoms with Gasteiger partial charge in [0.05, 0.1) is 6.04 Å². The van der Waals surface area contributed by atoms with Crippen LogP contribution in [0.3, 0.4) is 0 Å². The molecule has 0 radical (unpaired) electrons. The number of benzene rings is 1. The molecule has 0 spiro atoms. The Morgan fingerprint density at radius 2 is 2.21 bits per heavy atom. The lowest BCUT2D eigenvalue weighted by Gasteiger charge is -2.22. The molecule has 0 saturated carbocycles. The highest BCUT2D eigenvalue weighted by molar-refractivity contribution is 5.82. The third kappa shape index (κ3) is 2.26. The van der Waals surface area contributed by atoms with E-state index >= 15 is 0 Å². The average molecular weight is 260 g/mol. The second kappa shape index (κ2) is 4.94. The van der Waals surface area contributed by atoms with Crippen LogP contribution in [0.2, 0.25) is 0 Å². The van der Waals surface area contributed by atoms with E-state index in [-0.39, 0.29) is 30.0 Å². The summed E-state index contributed by atoms with van der Waals surface area (Å²) in [4.78, 5) is 12.3. The van der Waals surface area contributed by atoms with E-state index in [0.29, 0.717) is 6.61 Å². The highest BCUT2D eigenvalue weighted by atomic mass is 16.5. The van der Waals surface area contributed by atoms with Crippen LogP contribution in [0.4, 0.5) is 0 Å². The van der Waals surface area contributed by atoms with Crippen molar-refractivity contribution in [1.82, 2.24) is 5.32 Å². The highest BCUT2D eigenvalue weighted by Crippen LogP contribution is 2.31. The van der Waals surface area contributed by atoms with Crippen LogP contribution < -0.4 is 11.1 Å². The molecule has 4 unspecified atom stereocenters. The largest absolute Gasteiger partial charge is 0.368 e. The maximum Gasteiger partial charge on any atom is 0.249 e. The monoisotopic (exact) mass is 260 g/mol. The molecule has 3 rings (SSSR count). The SMILES string of the molecule is CC1CCOC1C(=O)NC1c2ccccc2CC1N. The summed E-state index contributed by atoms with van der Waals surface area (Å²) in [5.74, 6) is 0.259. The number of nitrogens with two attached hydrogens (primary N) is 1. The van der Waals surface area contributed by atoms with Crippen molar-refractivity contribution in [1.29, 1.82) is 0 Å². The minimum atomic E-state index is -0.319. The predicted octanol–water partition coefficient (Wildman–Crippen LogP) is 1.15. The molecule has 4 nitrogen and oxygen atoms in total. The second-order valence-corrected chi connectivity index (χ2v) is 5.61. The summed E-state index contributed by atoms with van der Waals surface area (Å²) in [6, 6.07) is 8.00. The lowest BCUT2D eigenvalue weighted by molar-refractivity contribution is -0.132. The summed E-state index contributed by atoms with van der Waals surface area (Å²) in [7, 11) is 0. The van der Waals surface area contributed by atoms with Crippen molar-refractivity contribution >= 4 is 5.91 Å². The smallest absolute Gasteiger partial charge is 0.249 e. The zero-order valence-electron chi connectivity index (χ0n) is 11.1. The fraction of sp³-hybridized carbons (Fsp3) is 0.533. The lowest BCUT2D eigenvalue weighted by Crippen LogP contribution is -2.44. The Labute approximate surface area is 113 Å². The Kier molecular flexibility index (Phi) is 3.29. The first-order valence-electron chi connectivity index (χ1n) is 6.92. The summed E-state index contributed by atoms with van der Waals surface area (Å²) in [6.45, 7) is 2.73. The van der Waals surface area contributed by atoms with Gasteiger partial charge in [0.2, 0.25) is 5.91 Å². The Morgan fingerprint density at radius 1 is 1.42 bits per heavy atom. The molecule has 0 aromatic heterocycles. The van der Waals surface area contributed by atoms with E-state index in [2.05, 4.69) is 18.3 Å². The fourth-order valence-corrected chi connectivity index (χ4v) is 3.08. The molecule has 0 bridgehead atoms. The summed E-state index contributed by atoms with van der Waals surface area (Å²) in [5.41, 5.74) is 8.54. The number of carbonyl (C=O) groups excluding carboxylic acids is 1. The zero-order valence-corrected chi connectivity index (χ0v) is 11.1. The van der Waals surface area contributed by atoms with Gasteiger partial charge in [0, 0.05) is 12.6 Å². The number of carbonyl (C=O) groups is 1. The van der Waals surface area contributed by atoms with Crippen LogP contribution in [-0.2, 0) is 16.0 Å². The van der Waals surface area contributed by atoms with E-state index in [1.807, 2.05) is 18.2 Å². The van der Waals surface area contributed by atoms with Gasteiger partial charge in [-0.2, -0.15) is 0 Å². The lowest BCUT2D eigenvalue weighted by atomic mass is 10.0. The van der Waals surface area contributed by atoms with Gasteiger partial charge in [-0.1, -0.05) is 31.2 Å². The molecule has 102 valence electrons. The minimum Gasteiger partial charge on any atom is -0.368 e. The molecule has 1 aliphatic heterocycles. The molecule has 1 aliphatic carbocycles. The Morgan fingerprint density at radius 3 is 2.95 bits per heavy atom. The van der Waals surface area contributed by atoms with Crippen molar-refractivity contribution in [3.63, 3.8) is 0 Å². The first kappa shape index (κ1) is 12.6. The predicted molar refractivity (Wildman–Crippen MR) is 72.5 cm³/mol. The van der Waals surface area contributed by atoms with Crippen LogP contribution in [0.5, 0.6) is 0 Å². The van der Waals surface area contributed by atoms with Crippen molar-refractivity contribution in [2.45, 2.75) is 38.0 Å². The first-order chi connectivity index (χ1) is 9.16. The van der Waals surface area contributed by atoms with Crippen LogP contribution in [0.1, 0.15) is 30.5 Å². The molecule has 4 atom stereocenters. The molecular formula is C15H20N2O2. The van der Waals surface area contributed by atoms with Gasteiger partial charge in [0.1, 0.15) is 6.10 Å². The molecule has 1 aromatic rings. The average Bonchev–Trinajstić information content (AvgIpc) is 2.94. The van der Waals surface area contributed by atoms with E-state index in [4.69, 9.17) is 10.5 Å². The van der Waals surface area contributed by atoms with Crippen LogP contribution in [0.25, 0.3) is 0 Å². The number of amides is 1. The first-order valence-corrected chi connectivity index (χ1v) is 6.92. The minimum absolute atomic E-state index is 0.0258. The molecule has 4 heteroatoms. The highest BCUT2D eigenvalue weighted by Gasteiger charge is 2.36. The van der Waals surface area contributed by atoms with Crippen LogP contribution in [0.15, 0.2) is 24.3 Å². The number of nitrogens with one attached hydrogen (secondary N) is 1. The molecule has 1 amide bonds. The fourth-order valence-electron chi connectivity index (χ4n) is 3.08. The third-order valence-corrected chi connectivity index (χ3v) is 4.22. The van der Waals surface area contributed by atoms with Gasteiger partial charge < -0.3 is 15.8 Å². The van der Waals surface area contributed by atoms with Crippen molar-refractivity contribution in [3.05, 3.63) is 35.4 Å². The van der Waals surface area contributed by atoms with Crippen molar-refractivity contribution in [2.24, 2.45) is 11.7 Å². The van der Waals surface area contributed by atoms with E-state index in [1.165, 1.54) is 5.56 Å². The quantitative estimate of drug-likeness (QED) is 0.838. The molecule has 2 aliphatic rings. The maximum absolute atomic E-state index is 12.3. The summed E-state index contributed by atoms with van der Waals surface area (Å²) >= 11 is 0. The van der Waals surface area contributed by atoms with Gasteiger partial charge in [-0.3, -0.25) is 4.79 Å². The van der Waals surface area contributed by atoms with Crippen LogP contribution >= 0.6 is 0 Å². The topological polar surface area (TPSA) is 64.3 Å². The van der Waals surface area contributed by atoms with E-state index in [0.717, 1.165) is 18.4 Å². The zero-order chi connectivity index (χ0) is 13.4.